The van der Waals surface area contributed by atoms with Crippen LogP contribution in [0, 0.1) is 0 Å². The topological polar surface area (TPSA) is 66.8 Å². The van der Waals surface area contributed by atoms with Gasteiger partial charge in [-0.25, -0.2) is 0 Å². The largest absolute Gasteiger partial charge is 0.481 e. The molecule has 0 saturated heterocycles. The van der Waals surface area contributed by atoms with E-state index in [1.165, 1.54) is 0 Å². The van der Waals surface area contributed by atoms with Gasteiger partial charge in [0.1, 0.15) is 0 Å². The van der Waals surface area contributed by atoms with Crippen LogP contribution in [0.2, 0.25) is 0 Å². The van der Waals surface area contributed by atoms with Crippen molar-refractivity contribution in [3.8, 4) is 0 Å². The number of aliphatic hydroxyl groups excluding tert-OH is 1. The van der Waals surface area contributed by atoms with Crippen molar-refractivity contribution in [3.05, 3.63) is 0 Å². The molecule has 0 heterocycles. The van der Waals surface area contributed by atoms with Crippen molar-refractivity contribution in [2.45, 2.75) is 13.3 Å². The van der Waals surface area contributed by atoms with E-state index >= 15 is 0 Å². The van der Waals surface area contributed by atoms with Crippen molar-refractivity contribution in [1.29, 1.82) is 0 Å². The van der Waals surface area contributed by atoms with Crippen LogP contribution in [0.25, 0.3) is 0 Å². The highest BCUT2D eigenvalue weighted by atomic mass is 16.5. The molecule has 0 saturated carbocycles. The van der Waals surface area contributed by atoms with Gasteiger partial charge in [0.15, 0.2) is 0 Å². The van der Waals surface area contributed by atoms with E-state index in [0.29, 0.717) is 6.61 Å². The van der Waals surface area contributed by atoms with Crippen molar-refractivity contribution < 1.29 is 19.7 Å². The zero-order chi connectivity index (χ0) is 8.41. The normalized spacial score (nSPS) is 7.90. The SMILES string of the molecule is CCC(=O)O.COCCO. The van der Waals surface area contributed by atoms with Crippen molar-refractivity contribution in [2.24, 2.45) is 0 Å². The molecule has 0 radical (unpaired) electrons. The number of carboxylic acid groups (broad SMARTS) is 1. The van der Waals surface area contributed by atoms with Crippen LogP contribution in [0.15, 0.2) is 0 Å². The molecule has 2 N–H and O–H groups in total. The van der Waals surface area contributed by atoms with Crippen LogP contribution in [0.5, 0.6) is 0 Å². The number of methoxy groups -OCH3 is 1. The number of carboxylic acids is 1. The summed E-state index contributed by atoms with van der Waals surface area (Å²) >= 11 is 0. The Bertz CT molecular complexity index is 70.1. The van der Waals surface area contributed by atoms with Gasteiger partial charge in [-0.3, -0.25) is 4.79 Å². The highest BCUT2D eigenvalue weighted by Gasteiger charge is 1.80. The third-order valence-electron chi connectivity index (χ3n) is 0.598. The summed E-state index contributed by atoms with van der Waals surface area (Å²) in [4.78, 5) is 9.37. The van der Waals surface area contributed by atoms with Gasteiger partial charge in [-0.1, -0.05) is 6.92 Å². The van der Waals surface area contributed by atoms with Gasteiger partial charge in [0, 0.05) is 13.5 Å². The van der Waals surface area contributed by atoms with Crippen LogP contribution >= 0.6 is 0 Å². The molecule has 0 aliphatic rings. The summed E-state index contributed by atoms with van der Waals surface area (Å²) in [5.41, 5.74) is 0. The van der Waals surface area contributed by atoms with Crippen LogP contribution in [0.4, 0.5) is 0 Å². The lowest BCUT2D eigenvalue weighted by atomic mass is 10.5. The molecular weight excluding hydrogens is 136 g/mol. The molecule has 0 unspecified atom stereocenters. The molecule has 0 aliphatic heterocycles. The number of hydrogen-bond acceptors (Lipinski definition) is 3. The van der Waals surface area contributed by atoms with Gasteiger partial charge in [-0.15, -0.1) is 0 Å². The number of hydrogen-bond donors (Lipinski definition) is 2. The number of carbonyl (C=O) groups is 1. The molecule has 4 nitrogen and oxygen atoms in total. The lowest BCUT2D eigenvalue weighted by Gasteiger charge is -1.84. The molecule has 0 aromatic carbocycles. The van der Waals surface area contributed by atoms with Gasteiger partial charge < -0.3 is 14.9 Å². The maximum Gasteiger partial charge on any atom is 0.303 e. The Kier molecular flexibility index (Phi) is 13.6. The summed E-state index contributed by atoms with van der Waals surface area (Å²) in [6, 6.07) is 0. The van der Waals surface area contributed by atoms with Crippen LogP contribution in [-0.4, -0.2) is 36.5 Å². The minimum absolute atomic E-state index is 0.122. The molecule has 0 aromatic rings. The fraction of sp³-hybridized carbons (Fsp3) is 0.833. The predicted octanol–water partition coefficient (Wildman–Crippen LogP) is 0.106. The monoisotopic (exact) mass is 150 g/mol. The van der Waals surface area contributed by atoms with E-state index < -0.39 is 5.97 Å². The fourth-order valence-corrected chi connectivity index (χ4v) is 0.0913. The van der Waals surface area contributed by atoms with Crippen molar-refractivity contribution >= 4 is 5.97 Å². The lowest BCUT2D eigenvalue weighted by molar-refractivity contribution is -0.136. The van der Waals surface area contributed by atoms with Gasteiger partial charge in [-0.05, 0) is 0 Å². The second-order valence-corrected chi connectivity index (χ2v) is 1.46. The van der Waals surface area contributed by atoms with E-state index in [4.69, 9.17) is 10.2 Å². The Morgan fingerprint density at radius 1 is 1.60 bits per heavy atom. The van der Waals surface area contributed by atoms with Crippen LogP contribution < -0.4 is 0 Å². The summed E-state index contributed by atoms with van der Waals surface area (Å²) < 4.78 is 4.44. The molecule has 0 bridgehead atoms. The smallest absolute Gasteiger partial charge is 0.303 e. The summed E-state index contributed by atoms with van der Waals surface area (Å²) in [6.07, 6.45) is 0.222. The van der Waals surface area contributed by atoms with Crippen LogP contribution in [0.1, 0.15) is 13.3 Å². The highest BCUT2D eigenvalue weighted by Crippen LogP contribution is 1.67. The molecule has 0 fully saturated rings. The van der Waals surface area contributed by atoms with E-state index in [-0.39, 0.29) is 13.0 Å². The molecule has 4 heteroatoms. The van der Waals surface area contributed by atoms with Gasteiger partial charge in [0.05, 0.1) is 13.2 Å². The summed E-state index contributed by atoms with van der Waals surface area (Å²) in [7, 11) is 1.55. The standard InChI is InChI=1S/C3H8O2.C3H6O2/c1-5-3-2-4;1-2-3(4)5/h4H,2-3H2,1H3;2H2,1H3,(H,4,5). The third kappa shape index (κ3) is 26.3. The Morgan fingerprint density at radius 2 is 2.00 bits per heavy atom. The average molecular weight is 150 g/mol. The average Bonchev–Trinajstić information content (AvgIpc) is 1.91. The fourth-order valence-electron chi connectivity index (χ4n) is 0.0913. The highest BCUT2D eigenvalue weighted by molar-refractivity contribution is 5.66. The lowest BCUT2D eigenvalue weighted by Crippen LogP contribution is -1.91. The van der Waals surface area contributed by atoms with Crippen molar-refractivity contribution in [1.82, 2.24) is 0 Å². The molecule has 62 valence electrons. The molecule has 0 spiro atoms. The van der Waals surface area contributed by atoms with Crippen molar-refractivity contribution in [2.75, 3.05) is 20.3 Å². The maximum atomic E-state index is 9.37. The molecule has 0 amide bonds. The minimum atomic E-state index is -0.745. The molecule has 0 aromatic heterocycles. The zero-order valence-corrected chi connectivity index (χ0v) is 6.33. The Morgan fingerprint density at radius 3 is 2.00 bits per heavy atom. The van der Waals surface area contributed by atoms with Gasteiger partial charge >= 0.3 is 5.97 Å². The third-order valence-corrected chi connectivity index (χ3v) is 0.598. The summed E-state index contributed by atoms with van der Waals surface area (Å²) in [5.74, 6) is -0.745. The molecule has 10 heavy (non-hydrogen) atoms. The number of aliphatic carboxylic acids is 1. The quantitative estimate of drug-likeness (QED) is 0.599. The number of ether oxygens (including phenoxy) is 1. The maximum absolute atomic E-state index is 9.37. The summed E-state index contributed by atoms with van der Waals surface area (Å²) in [5, 5.41) is 15.7. The first-order valence-electron chi connectivity index (χ1n) is 3.00. The molecule has 0 rings (SSSR count). The van der Waals surface area contributed by atoms with E-state index in [1.807, 2.05) is 0 Å². The molecular formula is C6H14O4. The Balaban J connectivity index is 0. The van der Waals surface area contributed by atoms with Gasteiger partial charge in [-0.2, -0.15) is 0 Å². The Hall–Kier alpha value is -0.610. The minimum Gasteiger partial charge on any atom is -0.481 e. The van der Waals surface area contributed by atoms with E-state index in [1.54, 1.807) is 14.0 Å². The van der Waals surface area contributed by atoms with Crippen LogP contribution in [0.3, 0.4) is 0 Å². The first-order chi connectivity index (χ1) is 4.68. The second-order valence-electron chi connectivity index (χ2n) is 1.46. The number of rotatable bonds is 3. The van der Waals surface area contributed by atoms with Gasteiger partial charge in [0.2, 0.25) is 0 Å². The second kappa shape index (κ2) is 11.2. The zero-order valence-electron chi connectivity index (χ0n) is 6.33. The van der Waals surface area contributed by atoms with Crippen LogP contribution in [-0.2, 0) is 9.53 Å². The van der Waals surface area contributed by atoms with E-state index in [2.05, 4.69) is 4.74 Å². The van der Waals surface area contributed by atoms with E-state index in [0.717, 1.165) is 0 Å². The molecule has 0 aliphatic carbocycles. The summed E-state index contributed by atoms with van der Waals surface area (Å²) in [6.45, 7) is 2.17. The van der Waals surface area contributed by atoms with Gasteiger partial charge in [0.25, 0.3) is 0 Å². The number of aliphatic hydroxyl groups is 1. The molecule has 0 atom stereocenters. The Labute approximate surface area is 60.4 Å². The first kappa shape index (κ1) is 12.1. The predicted molar refractivity (Wildman–Crippen MR) is 36.9 cm³/mol. The first-order valence-corrected chi connectivity index (χ1v) is 3.00. The van der Waals surface area contributed by atoms with E-state index in [9.17, 15) is 4.79 Å². The van der Waals surface area contributed by atoms with Crippen molar-refractivity contribution in [3.63, 3.8) is 0 Å².